The quantitative estimate of drug-likeness (QED) is 0.687. The van der Waals surface area contributed by atoms with E-state index in [2.05, 4.69) is 58.0 Å². The van der Waals surface area contributed by atoms with Gasteiger partial charge in [0.25, 0.3) is 0 Å². The van der Waals surface area contributed by atoms with E-state index in [-0.39, 0.29) is 10.7 Å². The lowest BCUT2D eigenvalue weighted by Gasteiger charge is -2.61. The van der Waals surface area contributed by atoms with Gasteiger partial charge in [0.1, 0.15) is 0 Å². The summed E-state index contributed by atoms with van der Waals surface area (Å²) >= 11 is 1.89. The van der Waals surface area contributed by atoms with Gasteiger partial charge in [-0.05, 0) is 66.9 Å². The zero-order chi connectivity index (χ0) is 17.1. The molecular formula is C22H30OS. The van der Waals surface area contributed by atoms with Crippen LogP contribution < -0.4 is 0 Å². The average molecular weight is 343 g/mol. The number of benzene rings is 1. The van der Waals surface area contributed by atoms with Crippen LogP contribution in [0.4, 0.5) is 0 Å². The second kappa shape index (κ2) is 5.62. The summed E-state index contributed by atoms with van der Waals surface area (Å²) < 4.78 is -0.136. The molecule has 0 unspecified atom stereocenters. The van der Waals surface area contributed by atoms with Gasteiger partial charge in [-0.25, -0.2) is 0 Å². The monoisotopic (exact) mass is 342 g/mol. The molecule has 0 radical (unpaired) electrons. The standard InChI is InChI=1S/C22H30OS/c1-14(2)17-10-11-21(4)12-18-15(3)20(23)22(18,13-19(17)21)24-16-8-6-5-7-9-16/h5-9,14-15,17-19H,10-13H2,1-4H3/t15-,17-,18+,19-,21+,22-/m0/s1. The van der Waals surface area contributed by atoms with E-state index in [4.69, 9.17) is 0 Å². The Bertz CT molecular complexity index is 639. The molecule has 3 aliphatic carbocycles. The fourth-order valence-electron chi connectivity index (χ4n) is 6.20. The smallest absolute Gasteiger partial charge is 0.152 e. The van der Waals surface area contributed by atoms with E-state index in [9.17, 15) is 4.79 Å². The Morgan fingerprint density at radius 3 is 2.50 bits per heavy atom. The highest BCUT2D eigenvalue weighted by molar-refractivity contribution is 8.01. The molecule has 0 spiro atoms. The number of hydrogen-bond donors (Lipinski definition) is 0. The summed E-state index contributed by atoms with van der Waals surface area (Å²) in [5, 5.41) is 0. The van der Waals surface area contributed by atoms with Crippen LogP contribution in [0.5, 0.6) is 0 Å². The van der Waals surface area contributed by atoms with E-state index in [1.54, 1.807) is 0 Å². The first kappa shape index (κ1) is 16.7. The van der Waals surface area contributed by atoms with Crippen molar-refractivity contribution >= 4 is 17.5 Å². The topological polar surface area (TPSA) is 17.1 Å². The Labute approximate surface area is 151 Å². The van der Waals surface area contributed by atoms with Gasteiger partial charge in [0, 0.05) is 10.8 Å². The first-order valence-electron chi connectivity index (χ1n) is 9.66. The minimum absolute atomic E-state index is 0.136. The van der Waals surface area contributed by atoms with Crippen molar-refractivity contribution in [3.8, 4) is 0 Å². The molecule has 0 amide bonds. The van der Waals surface area contributed by atoms with Crippen LogP contribution in [-0.4, -0.2) is 10.5 Å². The molecule has 130 valence electrons. The number of carbonyl (C=O) groups is 1. The highest BCUT2D eigenvalue weighted by Crippen LogP contribution is 2.69. The lowest BCUT2D eigenvalue weighted by Crippen LogP contribution is -2.65. The zero-order valence-corrected chi connectivity index (χ0v) is 16.2. The summed E-state index contributed by atoms with van der Waals surface area (Å²) in [7, 11) is 0. The van der Waals surface area contributed by atoms with Crippen molar-refractivity contribution in [2.75, 3.05) is 0 Å². The maximum Gasteiger partial charge on any atom is 0.152 e. The van der Waals surface area contributed by atoms with Crippen LogP contribution in [0.1, 0.15) is 53.4 Å². The summed E-state index contributed by atoms with van der Waals surface area (Å²) in [6, 6.07) is 10.6. The van der Waals surface area contributed by atoms with Crippen LogP contribution >= 0.6 is 11.8 Å². The molecule has 0 heterocycles. The van der Waals surface area contributed by atoms with Gasteiger partial charge in [0.2, 0.25) is 0 Å². The number of ketones is 1. The minimum Gasteiger partial charge on any atom is -0.298 e. The fourth-order valence-corrected chi connectivity index (χ4v) is 7.90. The van der Waals surface area contributed by atoms with E-state index in [1.165, 1.54) is 24.2 Å². The third-order valence-corrected chi connectivity index (χ3v) is 9.15. The second-order valence-electron chi connectivity index (χ2n) is 9.18. The van der Waals surface area contributed by atoms with Crippen molar-refractivity contribution in [3.63, 3.8) is 0 Å². The third kappa shape index (κ3) is 2.25. The van der Waals surface area contributed by atoms with E-state index >= 15 is 0 Å². The SMILES string of the molecule is CC(C)[C@@H]1CC[C@]2(C)C[C@@H]3[C@H](C)C(=O)[C@]3(Sc3ccccc3)C[C@@H]12. The molecule has 1 aromatic rings. The molecule has 3 fully saturated rings. The molecule has 1 nitrogen and oxygen atoms in total. The number of Topliss-reactive ketones (excluding diaryl/α,β-unsaturated/α-hetero) is 1. The van der Waals surface area contributed by atoms with Crippen molar-refractivity contribution < 1.29 is 4.79 Å². The van der Waals surface area contributed by atoms with E-state index in [0.717, 1.165) is 24.2 Å². The molecule has 4 rings (SSSR count). The van der Waals surface area contributed by atoms with Crippen LogP contribution in [0.3, 0.4) is 0 Å². The molecule has 3 aliphatic rings. The maximum absolute atomic E-state index is 13.1. The number of rotatable bonds is 3. The second-order valence-corrected chi connectivity index (χ2v) is 10.6. The molecule has 3 saturated carbocycles. The van der Waals surface area contributed by atoms with Crippen LogP contribution in [0.25, 0.3) is 0 Å². The average Bonchev–Trinajstić information content (AvgIpc) is 2.90. The molecular weight excluding hydrogens is 312 g/mol. The van der Waals surface area contributed by atoms with Gasteiger partial charge < -0.3 is 0 Å². The molecule has 0 N–H and O–H groups in total. The minimum atomic E-state index is -0.136. The highest BCUT2D eigenvalue weighted by atomic mass is 32.2. The first-order valence-corrected chi connectivity index (χ1v) is 10.5. The van der Waals surface area contributed by atoms with Crippen LogP contribution in [0.2, 0.25) is 0 Å². The van der Waals surface area contributed by atoms with Crippen LogP contribution in [-0.2, 0) is 4.79 Å². The Balaban J connectivity index is 1.68. The van der Waals surface area contributed by atoms with Gasteiger partial charge in [-0.3, -0.25) is 4.79 Å². The summed E-state index contributed by atoms with van der Waals surface area (Å²) in [4.78, 5) is 14.3. The van der Waals surface area contributed by atoms with Gasteiger partial charge >= 0.3 is 0 Å². The number of thioether (sulfide) groups is 1. The van der Waals surface area contributed by atoms with E-state index in [1.807, 2.05) is 11.8 Å². The predicted molar refractivity (Wildman–Crippen MR) is 101 cm³/mol. The summed E-state index contributed by atoms with van der Waals surface area (Å²) in [6.45, 7) is 9.46. The zero-order valence-electron chi connectivity index (χ0n) is 15.4. The van der Waals surface area contributed by atoms with Gasteiger partial charge in [0.15, 0.2) is 5.78 Å². The number of hydrogen-bond acceptors (Lipinski definition) is 2. The van der Waals surface area contributed by atoms with Crippen LogP contribution in [0, 0.1) is 35.0 Å². The normalized spacial score (nSPS) is 44.1. The van der Waals surface area contributed by atoms with Crippen LogP contribution in [0.15, 0.2) is 35.2 Å². The predicted octanol–water partition coefficient (Wildman–Crippen LogP) is 5.83. The molecule has 0 aliphatic heterocycles. The van der Waals surface area contributed by atoms with Crippen molar-refractivity contribution in [3.05, 3.63) is 30.3 Å². The highest BCUT2D eigenvalue weighted by Gasteiger charge is 2.68. The first-order chi connectivity index (χ1) is 11.4. The van der Waals surface area contributed by atoms with Crippen molar-refractivity contribution in [2.24, 2.45) is 35.0 Å². The molecule has 24 heavy (non-hydrogen) atoms. The molecule has 0 saturated heterocycles. The molecule has 1 aromatic carbocycles. The van der Waals surface area contributed by atoms with Crippen molar-refractivity contribution in [1.29, 1.82) is 0 Å². The molecule has 2 heteroatoms. The number of carbonyl (C=O) groups excluding carboxylic acids is 1. The maximum atomic E-state index is 13.1. The summed E-state index contributed by atoms with van der Waals surface area (Å²) in [5.41, 5.74) is 0.468. The summed E-state index contributed by atoms with van der Waals surface area (Å²) in [5.74, 6) is 3.62. The third-order valence-electron chi connectivity index (χ3n) is 7.60. The Morgan fingerprint density at radius 2 is 1.83 bits per heavy atom. The Morgan fingerprint density at radius 1 is 1.12 bits per heavy atom. The van der Waals surface area contributed by atoms with E-state index < -0.39 is 0 Å². The fraction of sp³-hybridized carbons (Fsp3) is 0.682. The van der Waals surface area contributed by atoms with Gasteiger partial charge in [-0.15, -0.1) is 11.8 Å². The Kier molecular flexibility index (Phi) is 3.91. The van der Waals surface area contributed by atoms with Gasteiger partial charge in [0.05, 0.1) is 4.75 Å². The van der Waals surface area contributed by atoms with Crippen molar-refractivity contribution in [2.45, 2.75) is 63.0 Å². The molecule has 0 aromatic heterocycles. The molecule has 6 atom stereocenters. The lowest BCUT2D eigenvalue weighted by molar-refractivity contribution is -0.147. The van der Waals surface area contributed by atoms with E-state index in [0.29, 0.717) is 17.1 Å². The summed E-state index contributed by atoms with van der Waals surface area (Å²) in [6.07, 6.45) is 5.09. The van der Waals surface area contributed by atoms with Crippen molar-refractivity contribution in [1.82, 2.24) is 0 Å². The number of fused-ring (bicyclic) bond motifs is 2. The largest absolute Gasteiger partial charge is 0.298 e. The Hall–Kier alpha value is -0.760. The van der Waals surface area contributed by atoms with Gasteiger partial charge in [-0.1, -0.05) is 45.9 Å². The lowest BCUT2D eigenvalue weighted by atomic mass is 9.48. The van der Waals surface area contributed by atoms with Gasteiger partial charge in [-0.2, -0.15) is 0 Å². The molecule has 0 bridgehead atoms.